The summed E-state index contributed by atoms with van der Waals surface area (Å²) in [5.41, 5.74) is 1.46. The standard InChI is InChI=1S/C18H29NO/c1-2-12-19-15-17(10-11-18-9-6-13-20-18)14-16-7-4-3-5-8-16/h3-5,7-8,17-19H,2,6,9-15H2,1H3. The Labute approximate surface area is 123 Å². The van der Waals surface area contributed by atoms with Crippen molar-refractivity contribution in [3.8, 4) is 0 Å². The van der Waals surface area contributed by atoms with Gasteiger partial charge in [-0.15, -0.1) is 0 Å². The molecule has 0 radical (unpaired) electrons. The van der Waals surface area contributed by atoms with Crippen LogP contribution in [0, 0.1) is 5.92 Å². The molecule has 0 bridgehead atoms. The topological polar surface area (TPSA) is 21.3 Å². The van der Waals surface area contributed by atoms with E-state index in [9.17, 15) is 0 Å². The number of benzene rings is 1. The van der Waals surface area contributed by atoms with Gasteiger partial charge in [-0.05, 0) is 63.1 Å². The fourth-order valence-electron chi connectivity index (χ4n) is 3.00. The first-order chi connectivity index (χ1) is 9.88. The zero-order valence-electron chi connectivity index (χ0n) is 12.8. The molecule has 1 aliphatic heterocycles. The molecule has 1 fully saturated rings. The van der Waals surface area contributed by atoms with Crippen LogP contribution in [0.4, 0.5) is 0 Å². The van der Waals surface area contributed by atoms with Crippen molar-refractivity contribution in [1.82, 2.24) is 5.32 Å². The van der Waals surface area contributed by atoms with Crippen molar-refractivity contribution >= 4 is 0 Å². The molecule has 2 unspecified atom stereocenters. The van der Waals surface area contributed by atoms with Gasteiger partial charge >= 0.3 is 0 Å². The van der Waals surface area contributed by atoms with Crippen LogP contribution in [0.3, 0.4) is 0 Å². The normalized spacial score (nSPS) is 20.1. The Morgan fingerprint density at radius 2 is 2.15 bits per heavy atom. The molecule has 0 amide bonds. The zero-order valence-corrected chi connectivity index (χ0v) is 12.8. The molecule has 0 saturated carbocycles. The van der Waals surface area contributed by atoms with Gasteiger partial charge in [-0.25, -0.2) is 0 Å². The van der Waals surface area contributed by atoms with Gasteiger partial charge in [0.2, 0.25) is 0 Å². The molecule has 1 heterocycles. The SMILES string of the molecule is CCCNCC(CCC1CCCO1)Cc1ccccc1. The Balaban J connectivity index is 1.79. The number of nitrogens with one attached hydrogen (secondary N) is 1. The lowest BCUT2D eigenvalue weighted by molar-refractivity contribution is 0.0979. The van der Waals surface area contributed by atoms with E-state index in [-0.39, 0.29) is 0 Å². The lowest BCUT2D eigenvalue weighted by Gasteiger charge is -2.19. The van der Waals surface area contributed by atoms with Crippen molar-refractivity contribution in [3.05, 3.63) is 35.9 Å². The van der Waals surface area contributed by atoms with Gasteiger partial charge in [-0.3, -0.25) is 0 Å². The summed E-state index contributed by atoms with van der Waals surface area (Å²) in [6.45, 7) is 5.47. The molecule has 1 aliphatic rings. The smallest absolute Gasteiger partial charge is 0.0576 e. The first-order valence-electron chi connectivity index (χ1n) is 8.24. The quantitative estimate of drug-likeness (QED) is 0.692. The fraction of sp³-hybridized carbons (Fsp3) is 0.667. The highest BCUT2D eigenvalue weighted by Gasteiger charge is 2.18. The molecule has 20 heavy (non-hydrogen) atoms. The van der Waals surface area contributed by atoms with Crippen LogP contribution in [0.25, 0.3) is 0 Å². The third kappa shape index (κ3) is 5.64. The fourth-order valence-corrected chi connectivity index (χ4v) is 3.00. The first kappa shape index (κ1) is 15.5. The average Bonchev–Trinajstić information content (AvgIpc) is 2.99. The second-order valence-electron chi connectivity index (χ2n) is 5.97. The van der Waals surface area contributed by atoms with Gasteiger partial charge < -0.3 is 10.1 Å². The Hall–Kier alpha value is -0.860. The summed E-state index contributed by atoms with van der Waals surface area (Å²) in [5, 5.41) is 3.59. The number of rotatable bonds is 9. The minimum Gasteiger partial charge on any atom is -0.378 e. The van der Waals surface area contributed by atoms with E-state index in [1.54, 1.807) is 0 Å². The Kier molecular flexibility index (Phi) is 7.10. The van der Waals surface area contributed by atoms with Crippen LogP contribution in [-0.4, -0.2) is 25.8 Å². The maximum Gasteiger partial charge on any atom is 0.0576 e. The predicted octanol–water partition coefficient (Wildman–Crippen LogP) is 3.80. The maximum atomic E-state index is 5.76. The minimum absolute atomic E-state index is 0.527. The molecule has 2 heteroatoms. The van der Waals surface area contributed by atoms with E-state index in [2.05, 4.69) is 42.6 Å². The molecule has 2 nitrogen and oxygen atoms in total. The number of hydrogen-bond donors (Lipinski definition) is 1. The number of hydrogen-bond acceptors (Lipinski definition) is 2. The van der Waals surface area contributed by atoms with E-state index in [1.807, 2.05) is 0 Å². The van der Waals surface area contributed by atoms with Crippen LogP contribution >= 0.6 is 0 Å². The van der Waals surface area contributed by atoms with E-state index in [0.29, 0.717) is 6.10 Å². The van der Waals surface area contributed by atoms with Crippen molar-refractivity contribution < 1.29 is 4.74 Å². The van der Waals surface area contributed by atoms with E-state index in [4.69, 9.17) is 4.74 Å². The van der Waals surface area contributed by atoms with Gasteiger partial charge in [0.25, 0.3) is 0 Å². The van der Waals surface area contributed by atoms with Gasteiger partial charge in [0, 0.05) is 6.61 Å². The van der Waals surface area contributed by atoms with Gasteiger partial charge in [-0.2, -0.15) is 0 Å². The molecular formula is C18H29NO. The van der Waals surface area contributed by atoms with Crippen molar-refractivity contribution in [2.45, 2.75) is 51.6 Å². The van der Waals surface area contributed by atoms with E-state index in [0.717, 1.165) is 25.6 Å². The third-order valence-corrected chi connectivity index (χ3v) is 4.15. The van der Waals surface area contributed by atoms with Crippen molar-refractivity contribution in [2.24, 2.45) is 5.92 Å². The molecule has 1 aromatic rings. The Morgan fingerprint density at radius 3 is 2.85 bits per heavy atom. The van der Waals surface area contributed by atoms with Gasteiger partial charge in [0.1, 0.15) is 0 Å². The van der Waals surface area contributed by atoms with Crippen LogP contribution in [0.15, 0.2) is 30.3 Å². The first-order valence-corrected chi connectivity index (χ1v) is 8.24. The van der Waals surface area contributed by atoms with Gasteiger partial charge in [-0.1, -0.05) is 37.3 Å². The molecule has 0 spiro atoms. The highest BCUT2D eigenvalue weighted by Crippen LogP contribution is 2.21. The van der Waals surface area contributed by atoms with Crippen molar-refractivity contribution in [3.63, 3.8) is 0 Å². The second kappa shape index (κ2) is 9.15. The molecular weight excluding hydrogens is 246 g/mol. The second-order valence-corrected chi connectivity index (χ2v) is 5.97. The van der Waals surface area contributed by atoms with Crippen LogP contribution in [-0.2, 0) is 11.2 Å². The van der Waals surface area contributed by atoms with E-state index in [1.165, 1.54) is 44.1 Å². The molecule has 2 atom stereocenters. The van der Waals surface area contributed by atoms with E-state index >= 15 is 0 Å². The molecule has 1 saturated heterocycles. The monoisotopic (exact) mass is 275 g/mol. The van der Waals surface area contributed by atoms with E-state index < -0.39 is 0 Å². The highest BCUT2D eigenvalue weighted by atomic mass is 16.5. The lowest BCUT2D eigenvalue weighted by atomic mass is 9.93. The Morgan fingerprint density at radius 1 is 1.30 bits per heavy atom. The summed E-state index contributed by atoms with van der Waals surface area (Å²) < 4.78 is 5.76. The minimum atomic E-state index is 0.527. The molecule has 0 aliphatic carbocycles. The summed E-state index contributed by atoms with van der Waals surface area (Å²) in [6.07, 6.45) is 7.94. The summed E-state index contributed by atoms with van der Waals surface area (Å²) in [6, 6.07) is 10.9. The van der Waals surface area contributed by atoms with Gasteiger partial charge in [0.05, 0.1) is 6.10 Å². The van der Waals surface area contributed by atoms with Crippen LogP contribution in [0.5, 0.6) is 0 Å². The summed E-state index contributed by atoms with van der Waals surface area (Å²) >= 11 is 0. The summed E-state index contributed by atoms with van der Waals surface area (Å²) in [4.78, 5) is 0. The zero-order chi connectivity index (χ0) is 14.0. The third-order valence-electron chi connectivity index (χ3n) is 4.15. The summed E-state index contributed by atoms with van der Waals surface area (Å²) in [7, 11) is 0. The molecule has 112 valence electrons. The van der Waals surface area contributed by atoms with Crippen LogP contribution in [0.2, 0.25) is 0 Å². The van der Waals surface area contributed by atoms with Crippen LogP contribution < -0.4 is 5.32 Å². The highest BCUT2D eigenvalue weighted by molar-refractivity contribution is 5.15. The number of ether oxygens (including phenoxy) is 1. The molecule has 1 N–H and O–H groups in total. The summed E-state index contributed by atoms with van der Waals surface area (Å²) in [5.74, 6) is 0.730. The molecule has 2 rings (SSSR count). The van der Waals surface area contributed by atoms with Crippen LogP contribution in [0.1, 0.15) is 44.6 Å². The molecule has 1 aromatic carbocycles. The maximum absolute atomic E-state index is 5.76. The Bertz CT molecular complexity index is 346. The molecule has 0 aromatic heterocycles. The lowest BCUT2D eigenvalue weighted by Crippen LogP contribution is -2.26. The average molecular weight is 275 g/mol. The predicted molar refractivity (Wildman–Crippen MR) is 85.0 cm³/mol. The van der Waals surface area contributed by atoms with Crippen molar-refractivity contribution in [1.29, 1.82) is 0 Å². The van der Waals surface area contributed by atoms with Gasteiger partial charge in [0.15, 0.2) is 0 Å². The largest absolute Gasteiger partial charge is 0.378 e. The van der Waals surface area contributed by atoms with Crippen molar-refractivity contribution in [2.75, 3.05) is 19.7 Å².